The number of ether oxygens (including phenoxy) is 1. The second-order valence-corrected chi connectivity index (χ2v) is 7.69. The van der Waals surface area contributed by atoms with Crippen LogP contribution in [0.1, 0.15) is 6.42 Å². The van der Waals surface area contributed by atoms with Gasteiger partial charge in [-0.05, 0) is 16.0 Å². The van der Waals surface area contributed by atoms with Crippen molar-refractivity contribution in [3.63, 3.8) is 0 Å². The van der Waals surface area contributed by atoms with Gasteiger partial charge < -0.3 is 14.9 Å². The van der Waals surface area contributed by atoms with Crippen molar-refractivity contribution in [2.24, 2.45) is 5.73 Å². The Morgan fingerprint density at radius 2 is 2.31 bits per heavy atom. The molecule has 3 rings (SSSR count). The highest BCUT2D eigenvalue weighted by Gasteiger charge is 2.64. The largest absolute Gasteiger partial charge is 0.481 e. The maximum Gasteiger partial charge on any atom is 0.352 e. The van der Waals surface area contributed by atoms with Gasteiger partial charge in [0.05, 0.1) is 6.42 Å². The number of aliphatic carboxylic acids is 2. The molecule has 0 radical (unpaired) electrons. The number of hydrogen-bond donors (Lipinski definition) is 4. The number of β-lactam (4-membered cyclic amide) rings is 1. The second-order valence-electron chi connectivity index (χ2n) is 5.43. The molecule has 0 aromatic carbocycles. The lowest BCUT2D eigenvalue weighted by Crippen LogP contribution is -2.78. The van der Waals surface area contributed by atoms with Crippen molar-refractivity contribution in [2.45, 2.75) is 27.9 Å². The van der Waals surface area contributed by atoms with Crippen LogP contribution in [0.15, 0.2) is 16.4 Å². The number of amides is 1. The molecule has 1 amide bonds. The Kier molecular flexibility index (Phi) is 4.92. The molecule has 0 saturated carbocycles. The molecule has 3 atom stereocenters. The fraction of sp³-hybridized carbons (Fsp3) is 0.500. The number of carbonyl (C=O) groups excluding carboxylic acids is 1. The zero-order valence-electron chi connectivity index (χ0n) is 13.3. The van der Waals surface area contributed by atoms with E-state index in [4.69, 9.17) is 10.5 Å². The molecule has 0 bridgehead atoms. The molecule has 12 nitrogen and oxygen atoms in total. The van der Waals surface area contributed by atoms with Gasteiger partial charge in [-0.25, -0.2) is 9.89 Å². The van der Waals surface area contributed by atoms with E-state index in [0.29, 0.717) is 0 Å². The van der Waals surface area contributed by atoms with E-state index in [0.717, 1.165) is 16.7 Å². The molecule has 0 spiro atoms. The van der Waals surface area contributed by atoms with Gasteiger partial charge in [0.15, 0.2) is 0 Å². The number of nitrogens with zero attached hydrogens (tertiary/aromatic N) is 4. The fourth-order valence-corrected chi connectivity index (χ4v) is 5.32. The number of carboxylic acid groups (broad SMARTS) is 2. The first-order valence-corrected chi connectivity index (χ1v) is 9.10. The van der Waals surface area contributed by atoms with Crippen molar-refractivity contribution in [1.29, 1.82) is 0 Å². The average molecular weight is 402 g/mol. The highest BCUT2D eigenvalue weighted by molar-refractivity contribution is 8.01. The number of carboxylic acids is 2. The highest BCUT2D eigenvalue weighted by Crippen LogP contribution is 2.47. The van der Waals surface area contributed by atoms with Crippen molar-refractivity contribution in [2.75, 3.05) is 12.9 Å². The van der Waals surface area contributed by atoms with Gasteiger partial charge in [0.1, 0.15) is 11.1 Å². The first-order valence-electron chi connectivity index (χ1n) is 7.17. The summed E-state index contributed by atoms with van der Waals surface area (Å²) in [6.07, 6.45) is -0.372. The third-order valence-corrected chi connectivity index (χ3v) is 6.45. The Labute approximate surface area is 154 Å². The summed E-state index contributed by atoms with van der Waals surface area (Å²) >= 11 is 2.19. The molecule has 2 aliphatic heterocycles. The van der Waals surface area contributed by atoms with Crippen LogP contribution in [0.3, 0.4) is 0 Å². The minimum atomic E-state index is -1.60. The molecule has 3 heterocycles. The summed E-state index contributed by atoms with van der Waals surface area (Å²) in [5, 5.41) is 30.6. The normalized spacial score (nSPS) is 26.3. The number of H-pyrrole nitrogens is 1. The Morgan fingerprint density at radius 3 is 2.85 bits per heavy atom. The number of thioether (sulfide) groups is 2. The van der Waals surface area contributed by atoms with E-state index in [2.05, 4.69) is 20.6 Å². The van der Waals surface area contributed by atoms with Crippen LogP contribution in [-0.2, 0) is 19.1 Å². The van der Waals surface area contributed by atoms with E-state index in [9.17, 15) is 24.6 Å². The van der Waals surface area contributed by atoms with Crippen molar-refractivity contribution >= 4 is 41.4 Å². The minimum Gasteiger partial charge on any atom is -0.481 e. The van der Waals surface area contributed by atoms with Crippen molar-refractivity contribution in [1.82, 2.24) is 25.5 Å². The Morgan fingerprint density at radius 1 is 1.58 bits per heavy atom. The van der Waals surface area contributed by atoms with E-state index >= 15 is 0 Å². The van der Waals surface area contributed by atoms with Crippen molar-refractivity contribution in [3.05, 3.63) is 11.3 Å². The quantitative estimate of drug-likeness (QED) is 0.240. The molecule has 140 valence electrons. The molecular formula is C12H14N6O6S2. The van der Waals surface area contributed by atoms with E-state index in [-0.39, 0.29) is 28.6 Å². The van der Waals surface area contributed by atoms with Crippen LogP contribution in [0.5, 0.6) is 0 Å². The zero-order valence-corrected chi connectivity index (χ0v) is 14.9. The lowest BCUT2D eigenvalue weighted by atomic mass is 9.98. The van der Waals surface area contributed by atoms with E-state index < -0.39 is 34.2 Å². The monoisotopic (exact) mass is 402 g/mol. The van der Waals surface area contributed by atoms with Crippen molar-refractivity contribution in [3.8, 4) is 0 Å². The minimum absolute atomic E-state index is 0.172. The molecule has 1 saturated heterocycles. The van der Waals surface area contributed by atoms with Crippen LogP contribution in [0.25, 0.3) is 0 Å². The number of tetrazole rings is 1. The molecule has 14 heteroatoms. The van der Waals surface area contributed by atoms with Gasteiger partial charge >= 0.3 is 11.9 Å². The molecule has 2 aliphatic rings. The second kappa shape index (κ2) is 6.86. The van der Waals surface area contributed by atoms with Gasteiger partial charge in [-0.3, -0.25) is 20.2 Å². The summed E-state index contributed by atoms with van der Waals surface area (Å²) in [6.45, 7) is 0. The molecule has 2 unspecified atom stereocenters. The van der Waals surface area contributed by atoms with Crippen LogP contribution in [0, 0.1) is 0 Å². The number of nitrogens with two attached hydrogens (primary N) is 1. The number of carbonyl (C=O) groups is 3. The summed E-state index contributed by atoms with van der Waals surface area (Å²) in [4.78, 5) is 36.5. The van der Waals surface area contributed by atoms with Crippen LogP contribution >= 0.6 is 23.5 Å². The predicted molar refractivity (Wildman–Crippen MR) is 87.8 cm³/mol. The smallest absolute Gasteiger partial charge is 0.352 e. The molecule has 1 aromatic rings. The maximum atomic E-state index is 12.4. The first kappa shape index (κ1) is 18.6. The lowest BCUT2D eigenvalue weighted by Gasteiger charge is -2.54. The predicted octanol–water partition coefficient (Wildman–Crippen LogP) is -1.31. The number of aromatic amines is 1. The number of hydrogen-bond acceptors (Lipinski definition) is 10. The number of aromatic nitrogens is 4. The maximum absolute atomic E-state index is 12.4. The topological polar surface area (TPSA) is 185 Å². The SMILES string of the molecule is COC1(N)C(=O)N2C(C(=O)O)=C(C(CC(=O)O)Sc3nnn[nH]3)CS[C@H]21. The molecule has 1 aromatic heterocycles. The number of methoxy groups -OCH3 is 1. The summed E-state index contributed by atoms with van der Waals surface area (Å²) in [5.74, 6) is -2.99. The van der Waals surface area contributed by atoms with Gasteiger partial charge in [-0.15, -0.1) is 16.9 Å². The molecule has 5 N–H and O–H groups in total. The fourth-order valence-electron chi connectivity index (χ4n) is 2.74. The molecule has 0 aliphatic carbocycles. The number of rotatable bonds is 7. The van der Waals surface area contributed by atoms with Crippen molar-refractivity contribution < 1.29 is 29.3 Å². The summed E-state index contributed by atoms with van der Waals surface area (Å²) in [5.41, 5.74) is 4.31. The van der Waals surface area contributed by atoms with Gasteiger partial charge in [-0.2, -0.15) is 0 Å². The highest BCUT2D eigenvalue weighted by atomic mass is 32.2. The molecule has 1 fully saturated rings. The van der Waals surface area contributed by atoms with E-state index in [1.54, 1.807) is 0 Å². The Balaban J connectivity index is 2.00. The number of nitrogens with one attached hydrogen (secondary N) is 1. The van der Waals surface area contributed by atoms with Gasteiger partial charge in [0, 0.05) is 18.1 Å². The Hall–Kier alpha value is -2.16. The number of fused-ring (bicyclic) bond motifs is 1. The van der Waals surface area contributed by atoms with Gasteiger partial charge in [-0.1, -0.05) is 11.8 Å². The van der Waals surface area contributed by atoms with Crippen LogP contribution in [-0.4, -0.2) is 82.8 Å². The van der Waals surface area contributed by atoms with Crippen LogP contribution in [0.4, 0.5) is 0 Å². The summed E-state index contributed by atoms with van der Waals surface area (Å²) in [7, 11) is 1.27. The third-order valence-electron chi connectivity index (χ3n) is 3.97. The van der Waals surface area contributed by atoms with Crippen LogP contribution < -0.4 is 5.73 Å². The van der Waals surface area contributed by atoms with Gasteiger partial charge in [0.25, 0.3) is 5.91 Å². The summed E-state index contributed by atoms with van der Waals surface area (Å²) in [6, 6.07) is 0. The zero-order chi connectivity index (χ0) is 19.1. The third kappa shape index (κ3) is 2.94. The van der Waals surface area contributed by atoms with Gasteiger partial charge in [0.2, 0.25) is 10.9 Å². The van der Waals surface area contributed by atoms with E-state index in [1.165, 1.54) is 18.9 Å². The molecule has 26 heavy (non-hydrogen) atoms. The standard InChI is InChI=1S/C12H14N6O6S2/c1-24-12(13)9(23)18-7(8(21)22)4(3-25-10(12)18)5(2-6(19)20)26-11-14-16-17-15-11/h5,10H,2-3,13H2,1H3,(H,19,20)(H,21,22)(H,14,15,16,17)/t5?,10-,12?/m0/s1. The van der Waals surface area contributed by atoms with Crippen LogP contribution in [0.2, 0.25) is 0 Å². The average Bonchev–Trinajstić information content (AvgIpc) is 3.11. The first-order chi connectivity index (χ1) is 12.3. The Bertz CT molecular complexity index is 785. The summed E-state index contributed by atoms with van der Waals surface area (Å²) < 4.78 is 5.05. The lowest BCUT2D eigenvalue weighted by molar-refractivity contribution is -0.182. The molecular weight excluding hydrogens is 388 g/mol. The van der Waals surface area contributed by atoms with E-state index in [1.807, 2.05) is 0 Å².